The first-order valence-corrected chi connectivity index (χ1v) is 10.7. The van der Waals surface area contributed by atoms with Gasteiger partial charge in [-0.15, -0.1) is 0 Å². The standard InChI is InChI=1S/C17H25F5O2Si/c1-4-25(23-2,24-3)11-9-7-5-6-8-10-12-13(18)15(20)17(22)16(21)14(12)19/h4-11H2,1-3H3. The zero-order chi connectivity index (χ0) is 19.0. The molecule has 0 aliphatic carbocycles. The minimum atomic E-state index is -2.11. The lowest BCUT2D eigenvalue weighted by Crippen LogP contribution is -2.38. The lowest BCUT2D eigenvalue weighted by atomic mass is 10.0. The molecule has 0 radical (unpaired) electrons. The van der Waals surface area contributed by atoms with E-state index in [1.165, 1.54) is 0 Å². The summed E-state index contributed by atoms with van der Waals surface area (Å²) in [4.78, 5) is 0. The van der Waals surface area contributed by atoms with Crippen LogP contribution >= 0.6 is 0 Å². The summed E-state index contributed by atoms with van der Waals surface area (Å²) in [6.07, 6.45) is 3.48. The van der Waals surface area contributed by atoms with E-state index in [0.29, 0.717) is 12.8 Å². The van der Waals surface area contributed by atoms with E-state index in [4.69, 9.17) is 8.85 Å². The highest BCUT2D eigenvalue weighted by Gasteiger charge is 2.32. The molecule has 0 heterocycles. The van der Waals surface area contributed by atoms with Crippen molar-refractivity contribution >= 4 is 8.56 Å². The van der Waals surface area contributed by atoms with E-state index < -0.39 is 43.2 Å². The molecule has 0 spiro atoms. The Morgan fingerprint density at radius 2 is 1.12 bits per heavy atom. The SMILES string of the molecule is CC[Si](CCCCCCCc1c(F)c(F)c(F)c(F)c1F)(OC)OC. The molecule has 0 unspecified atom stereocenters. The van der Waals surface area contributed by atoms with Crippen LogP contribution in [0, 0.1) is 29.1 Å². The molecule has 0 aromatic heterocycles. The number of rotatable bonds is 11. The minimum Gasteiger partial charge on any atom is -0.398 e. The maximum Gasteiger partial charge on any atom is 0.337 e. The van der Waals surface area contributed by atoms with Gasteiger partial charge in [-0.1, -0.05) is 32.6 Å². The zero-order valence-corrected chi connectivity index (χ0v) is 15.9. The second kappa shape index (κ2) is 10.2. The van der Waals surface area contributed by atoms with E-state index in [1.54, 1.807) is 14.2 Å². The third-order valence-electron chi connectivity index (χ3n) is 4.57. The van der Waals surface area contributed by atoms with Crippen molar-refractivity contribution in [2.75, 3.05) is 14.2 Å². The molecule has 8 heteroatoms. The Morgan fingerprint density at radius 3 is 1.60 bits per heavy atom. The number of benzene rings is 1. The fraction of sp³-hybridized carbons (Fsp3) is 0.647. The van der Waals surface area contributed by atoms with Crippen LogP contribution in [0.4, 0.5) is 22.0 Å². The molecule has 0 bridgehead atoms. The van der Waals surface area contributed by atoms with Crippen molar-refractivity contribution in [1.82, 2.24) is 0 Å². The maximum absolute atomic E-state index is 13.5. The summed E-state index contributed by atoms with van der Waals surface area (Å²) in [5, 5.41) is 0. The molecule has 0 aliphatic heterocycles. The van der Waals surface area contributed by atoms with Gasteiger partial charge in [-0.2, -0.15) is 0 Å². The maximum atomic E-state index is 13.5. The van der Waals surface area contributed by atoms with Gasteiger partial charge in [-0.3, -0.25) is 0 Å². The topological polar surface area (TPSA) is 18.5 Å². The van der Waals surface area contributed by atoms with Gasteiger partial charge in [0.15, 0.2) is 23.3 Å². The van der Waals surface area contributed by atoms with E-state index in [9.17, 15) is 22.0 Å². The molecule has 0 saturated carbocycles. The molecule has 0 amide bonds. The van der Waals surface area contributed by atoms with Crippen molar-refractivity contribution in [2.24, 2.45) is 0 Å². The molecule has 144 valence electrons. The van der Waals surface area contributed by atoms with Crippen LogP contribution in [0.2, 0.25) is 12.1 Å². The number of halogens is 5. The summed E-state index contributed by atoms with van der Waals surface area (Å²) in [7, 11) is 1.22. The Labute approximate surface area is 146 Å². The summed E-state index contributed by atoms with van der Waals surface area (Å²) in [5.74, 6) is -9.33. The summed E-state index contributed by atoms with van der Waals surface area (Å²) in [5.41, 5.74) is -0.729. The molecular formula is C17H25F5O2Si. The molecule has 1 rings (SSSR count). The predicted molar refractivity (Wildman–Crippen MR) is 88.1 cm³/mol. The van der Waals surface area contributed by atoms with Crippen LogP contribution in [0.5, 0.6) is 0 Å². The second-order valence-electron chi connectivity index (χ2n) is 5.99. The highest BCUT2D eigenvalue weighted by Crippen LogP contribution is 2.25. The van der Waals surface area contributed by atoms with E-state index in [2.05, 4.69) is 0 Å². The molecule has 1 aromatic carbocycles. The Hall–Kier alpha value is -0.993. The molecule has 1 aromatic rings. The Kier molecular flexibility index (Phi) is 9.02. The van der Waals surface area contributed by atoms with Crippen molar-refractivity contribution in [2.45, 2.75) is 57.5 Å². The molecular weight excluding hydrogens is 359 g/mol. The number of hydrogen-bond donors (Lipinski definition) is 0. The van der Waals surface area contributed by atoms with E-state index in [-0.39, 0.29) is 6.42 Å². The summed E-state index contributed by atoms with van der Waals surface area (Å²) < 4.78 is 77.3. The third-order valence-corrected chi connectivity index (χ3v) is 8.25. The van der Waals surface area contributed by atoms with Crippen molar-refractivity contribution in [3.8, 4) is 0 Å². The van der Waals surface area contributed by atoms with Gasteiger partial charge < -0.3 is 8.85 Å². The van der Waals surface area contributed by atoms with Crippen molar-refractivity contribution in [1.29, 1.82) is 0 Å². The van der Waals surface area contributed by atoms with Gasteiger partial charge in [0.1, 0.15) is 0 Å². The van der Waals surface area contributed by atoms with Gasteiger partial charge in [-0.05, 0) is 24.9 Å². The zero-order valence-electron chi connectivity index (χ0n) is 14.9. The Balaban J connectivity index is 2.40. The first-order valence-electron chi connectivity index (χ1n) is 8.44. The summed E-state index contributed by atoms with van der Waals surface area (Å²) in [6.45, 7) is 2.03. The highest BCUT2D eigenvalue weighted by atomic mass is 28.4. The minimum absolute atomic E-state index is 0.171. The van der Waals surface area contributed by atoms with Gasteiger partial charge >= 0.3 is 8.56 Å². The predicted octanol–water partition coefficient (Wildman–Crippen LogP) is 5.63. The van der Waals surface area contributed by atoms with Crippen LogP contribution in [0.25, 0.3) is 0 Å². The molecule has 25 heavy (non-hydrogen) atoms. The van der Waals surface area contributed by atoms with Crippen molar-refractivity contribution < 1.29 is 30.8 Å². The van der Waals surface area contributed by atoms with Gasteiger partial charge in [0.2, 0.25) is 5.82 Å². The van der Waals surface area contributed by atoms with Crippen molar-refractivity contribution in [3.63, 3.8) is 0 Å². The van der Waals surface area contributed by atoms with Gasteiger partial charge in [0.25, 0.3) is 0 Å². The molecule has 0 fully saturated rings. The average Bonchev–Trinajstić information content (AvgIpc) is 2.63. The van der Waals surface area contributed by atoms with Crippen LogP contribution in [0.15, 0.2) is 0 Å². The van der Waals surface area contributed by atoms with Gasteiger partial charge in [0, 0.05) is 19.8 Å². The van der Waals surface area contributed by atoms with Crippen LogP contribution in [-0.4, -0.2) is 22.8 Å². The monoisotopic (exact) mass is 384 g/mol. The first kappa shape index (κ1) is 22.0. The quantitative estimate of drug-likeness (QED) is 0.162. The Bertz CT molecular complexity index is 527. The average molecular weight is 384 g/mol. The van der Waals surface area contributed by atoms with Crippen molar-refractivity contribution in [3.05, 3.63) is 34.6 Å². The largest absolute Gasteiger partial charge is 0.398 e. The lowest BCUT2D eigenvalue weighted by Gasteiger charge is -2.25. The van der Waals surface area contributed by atoms with Crippen LogP contribution < -0.4 is 0 Å². The lowest BCUT2D eigenvalue weighted by molar-refractivity contribution is 0.241. The van der Waals surface area contributed by atoms with Crippen LogP contribution in [-0.2, 0) is 15.3 Å². The van der Waals surface area contributed by atoms with Gasteiger partial charge in [-0.25, -0.2) is 22.0 Å². The molecule has 2 nitrogen and oxygen atoms in total. The Morgan fingerprint density at radius 1 is 0.680 bits per heavy atom. The van der Waals surface area contributed by atoms with Crippen LogP contribution in [0.3, 0.4) is 0 Å². The van der Waals surface area contributed by atoms with Gasteiger partial charge in [0.05, 0.1) is 0 Å². The highest BCUT2D eigenvalue weighted by molar-refractivity contribution is 6.67. The first-order chi connectivity index (χ1) is 11.8. The molecule has 0 N–H and O–H groups in total. The third kappa shape index (κ3) is 5.49. The molecule has 0 aliphatic rings. The van der Waals surface area contributed by atoms with E-state index >= 15 is 0 Å². The molecule has 0 atom stereocenters. The number of hydrogen-bond acceptors (Lipinski definition) is 2. The normalized spacial score (nSPS) is 12.0. The number of unbranched alkanes of at least 4 members (excludes halogenated alkanes) is 4. The summed E-state index contributed by atoms with van der Waals surface area (Å²) in [6, 6.07) is 1.73. The fourth-order valence-corrected chi connectivity index (χ4v) is 5.14. The van der Waals surface area contributed by atoms with E-state index in [1.807, 2.05) is 6.92 Å². The fourth-order valence-electron chi connectivity index (χ4n) is 2.85. The molecule has 0 saturated heterocycles. The second-order valence-corrected chi connectivity index (χ2v) is 9.83. The summed E-state index contributed by atoms with van der Waals surface area (Å²) >= 11 is 0. The van der Waals surface area contributed by atoms with E-state index in [0.717, 1.165) is 31.4 Å². The van der Waals surface area contributed by atoms with Crippen LogP contribution in [0.1, 0.15) is 44.6 Å². The smallest absolute Gasteiger partial charge is 0.337 e.